The zero-order valence-electron chi connectivity index (χ0n) is 10.9. The van der Waals surface area contributed by atoms with Crippen LogP contribution >= 0.6 is 11.6 Å². The van der Waals surface area contributed by atoms with E-state index in [4.69, 9.17) is 21.8 Å². The maximum atomic E-state index is 13.1. The van der Waals surface area contributed by atoms with Crippen LogP contribution in [0.4, 0.5) is 4.39 Å². The lowest BCUT2D eigenvalue weighted by Crippen LogP contribution is -2.11. The van der Waals surface area contributed by atoms with Crippen LogP contribution in [0, 0.1) is 12.7 Å². The Balaban J connectivity index is 2.08. The van der Waals surface area contributed by atoms with Gasteiger partial charge in [0.25, 0.3) is 0 Å². The van der Waals surface area contributed by atoms with Gasteiger partial charge in [-0.3, -0.25) is 0 Å². The number of benzene rings is 2. The number of hydrogen-bond donors (Lipinski definition) is 1. The number of para-hydroxylation sites is 1. The first kappa shape index (κ1) is 13.2. The molecular formula is C16H13ClFNO. The van der Waals surface area contributed by atoms with Crippen molar-refractivity contribution >= 4 is 22.6 Å². The third-order valence-electron chi connectivity index (χ3n) is 3.36. The highest BCUT2D eigenvalue weighted by Gasteiger charge is 2.17. The lowest BCUT2D eigenvalue weighted by Gasteiger charge is -2.11. The Labute approximate surface area is 121 Å². The Morgan fingerprint density at radius 2 is 2.00 bits per heavy atom. The molecule has 0 saturated heterocycles. The molecule has 3 rings (SSSR count). The van der Waals surface area contributed by atoms with Crippen LogP contribution in [0.25, 0.3) is 11.0 Å². The van der Waals surface area contributed by atoms with Gasteiger partial charge < -0.3 is 10.2 Å². The molecule has 4 heteroatoms. The summed E-state index contributed by atoms with van der Waals surface area (Å²) in [5, 5.41) is 1.29. The van der Waals surface area contributed by atoms with Gasteiger partial charge in [0.05, 0.1) is 6.04 Å². The largest absolute Gasteiger partial charge is 0.459 e. The van der Waals surface area contributed by atoms with Gasteiger partial charge in [-0.2, -0.15) is 0 Å². The summed E-state index contributed by atoms with van der Waals surface area (Å²) in [6.07, 6.45) is 0. The van der Waals surface area contributed by atoms with Crippen LogP contribution in [-0.4, -0.2) is 0 Å². The van der Waals surface area contributed by atoms with Gasteiger partial charge in [-0.05, 0) is 36.2 Å². The molecule has 1 atom stereocenters. The first-order chi connectivity index (χ1) is 9.56. The molecule has 1 heterocycles. The van der Waals surface area contributed by atoms with Gasteiger partial charge in [0.15, 0.2) is 0 Å². The summed E-state index contributed by atoms with van der Waals surface area (Å²) in [5.41, 5.74) is 8.69. The van der Waals surface area contributed by atoms with Crippen LogP contribution in [0.2, 0.25) is 5.02 Å². The number of hydrogen-bond acceptors (Lipinski definition) is 2. The van der Waals surface area contributed by atoms with Crippen LogP contribution in [0.3, 0.4) is 0 Å². The summed E-state index contributed by atoms with van der Waals surface area (Å²) in [4.78, 5) is 0. The molecule has 0 spiro atoms. The van der Waals surface area contributed by atoms with Crippen LogP contribution in [0.1, 0.15) is 22.9 Å². The van der Waals surface area contributed by atoms with Crippen LogP contribution in [-0.2, 0) is 0 Å². The number of nitrogens with two attached hydrogens (primary N) is 1. The van der Waals surface area contributed by atoms with Crippen molar-refractivity contribution in [1.29, 1.82) is 0 Å². The fourth-order valence-electron chi connectivity index (χ4n) is 2.29. The van der Waals surface area contributed by atoms with E-state index < -0.39 is 6.04 Å². The van der Waals surface area contributed by atoms with Crippen molar-refractivity contribution in [2.24, 2.45) is 5.73 Å². The van der Waals surface area contributed by atoms with Gasteiger partial charge >= 0.3 is 0 Å². The third kappa shape index (κ3) is 2.19. The maximum absolute atomic E-state index is 13.1. The highest BCUT2D eigenvalue weighted by atomic mass is 35.5. The molecule has 2 nitrogen and oxygen atoms in total. The standard InChI is InChI=1S/C16H13ClFNO/c1-9-3-2-4-10-7-14(20-16(9)10)15(19)12-6-5-11(18)8-13(12)17/h2-8,15H,19H2,1H3. The second-order valence-electron chi connectivity index (χ2n) is 4.79. The Kier molecular flexibility index (Phi) is 3.24. The molecule has 0 saturated carbocycles. The average molecular weight is 290 g/mol. The molecular weight excluding hydrogens is 277 g/mol. The van der Waals surface area contributed by atoms with Crippen molar-refractivity contribution < 1.29 is 8.81 Å². The zero-order valence-corrected chi connectivity index (χ0v) is 11.6. The van der Waals surface area contributed by atoms with E-state index in [9.17, 15) is 4.39 Å². The summed E-state index contributed by atoms with van der Waals surface area (Å²) in [7, 11) is 0. The Morgan fingerprint density at radius 3 is 2.70 bits per heavy atom. The average Bonchev–Trinajstić information content (AvgIpc) is 2.83. The summed E-state index contributed by atoms with van der Waals surface area (Å²) in [6, 6.07) is 11.5. The predicted molar refractivity (Wildman–Crippen MR) is 78.4 cm³/mol. The summed E-state index contributed by atoms with van der Waals surface area (Å²) < 4.78 is 18.9. The van der Waals surface area contributed by atoms with Crippen molar-refractivity contribution in [1.82, 2.24) is 0 Å². The highest BCUT2D eigenvalue weighted by molar-refractivity contribution is 6.31. The molecule has 0 bridgehead atoms. The summed E-state index contributed by atoms with van der Waals surface area (Å²) in [5.74, 6) is 0.231. The Hall–Kier alpha value is -1.84. The van der Waals surface area contributed by atoms with Gasteiger partial charge in [-0.25, -0.2) is 4.39 Å². The van der Waals surface area contributed by atoms with Crippen molar-refractivity contribution in [3.05, 3.63) is 70.2 Å². The number of furan rings is 1. The molecule has 0 amide bonds. The molecule has 0 aliphatic heterocycles. The highest BCUT2D eigenvalue weighted by Crippen LogP contribution is 2.31. The lowest BCUT2D eigenvalue weighted by molar-refractivity contribution is 0.523. The van der Waals surface area contributed by atoms with Crippen molar-refractivity contribution in [2.45, 2.75) is 13.0 Å². The molecule has 102 valence electrons. The van der Waals surface area contributed by atoms with E-state index in [0.29, 0.717) is 16.3 Å². The Bertz CT molecular complexity index is 781. The van der Waals surface area contributed by atoms with Crippen molar-refractivity contribution in [3.8, 4) is 0 Å². The molecule has 1 aromatic heterocycles. The van der Waals surface area contributed by atoms with E-state index in [2.05, 4.69) is 0 Å². The number of rotatable bonds is 2. The van der Waals surface area contributed by atoms with Crippen molar-refractivity contribution in [2.75, 3.05) is 0 Å². The molecule has 0 radical (unpaired) electrons. The lowest BCUT2D eigenvalue weighted by atomic mass is 10.0. The minimum atomic E-state index is -0.519. The predicted octanol–water partition coefficient (Wildman–Crippen LogP) is 4.58. The van der Waals surface area contributed by atoms with Gasteiger partial charge in [-0.1, -0.05) is 35.9 Å². The monoisotopic (exact) mass is 289 g/mol. The van der Waals surface area contributed by atoms with Crippen LogP contribution in [0.15, 0.2) is 46.9 Å². The third-order valence-corrected chi connectivity index (χ3v) is 3.69. The molecule has 0 aliphatic carbocycles. The molecule has 0 fully saturated rings. The minimum absolute atomic E-state index is 0.301. The van der Waals surface area contributed by atoms with E-state index in [1.807, 2.05) is 31.2 Å². The molecule has 1 unspecified atom stereocenters. The van der Waals surface area contributed by atoms with Gasteiger partial charge in [0, 0.05) is 10.4 Å². The van der Waals surface area contributed by atoms with Crippen LogP contribution < -0.4 is 5.73 Å². The second-order valence-corrected chi connectivity index (χ2v) is 5.19. The van der Waals surface area contributed by atoms with E-state index >= 15 is 0 Å². The molecule has 3 aromatic rings. The van der Waals surface area contributed by atoms with Crippen molar-refractivity contribution in [3.63, 3.8) is 0 Å². The quantitative estimate of drug-likeness (QED) is 0.750. The zero-order chi connectivity index (χ0) is 14.3. The topological polar surface area (TPSA) is 39.2 Å². The van der Waals surface area contributed by atoms with Gasteiger partial charge in [0.1, 0.15) is 17.2 Å². The van der Waals surface area contributed by atoms with E-state index in [1.54, 1.807) is 6.07 Å². The fourth-order valence-corrected chi connectivity index (χ4v) is 2.57. The van der Waals surface area contributed by atoms with Gasteiger partial charge in [-0.15, -0.1) is 0 Å². The van der Waals surface area contributed by atoms with E-state index in [-0.39, 0.29) is 5.82 Å². The second kappa shape index (κ2) is 4.93. The number of fused-ring (bicyclic) bond motifs is 1. The number of aryl methyl sites for hydroxylation is 1. The molecule has 20 heavy (non-hydrogen) atoms. The van der Waals surface area contributed by atoms with Crippen LogP contribution in [0.5, 0.6) is 0 Å². The summed E-state index contributed by atoms with van der Waals surface area (Å²) in [6.45, 7) is 1.98. The van der Waals surface area contributed by atoms with Gasteiger partial charge in [0.2, 0.25) is 0 Å². The SMILES string of the molecule is Cc1cccc2cc(C(N)c3ccc(F)cc3Cl)oc12. The number of halogens is 2. The smallest absolute Gasteiger partial charge is 0.137 e. The maximum Gasteiger partial charge on any atom is 0.137 e. The van der Waals surface area contributed by atoms with E-state index in [0.717, 1.165) is 16.5 Å². The molecule has 2 aromatic carbocycles. The normalized spacial score (nSPS) is 12.8. The first-order valence-corrected chi connectivity index (χ1v) is 6.63. The molecule has 2 N–H and O–H groups in total. The molecule has 0 aliphatic rings. The Morgan fingerprint density at radius 1 is 1.20 bits per heavy atom. The minimum Gasteiger partial charge on any atom is -0.459 e. The first-order valence-electron chi connectivity index (χ1n) is 6.26. The fraction of sp³-hybridized carbons (Fsp3) is 0.125. The summed E-state index contributed by atoms with van der Waals surface area (Å²) >= 11 is 6.04. The van der Waals surface area contributed by atoms with E-state index in [1.165, 1.54) is 12.1 Å².